The lowest BCUT2D eigenvalue weighted by molar-refractivity contribution is -0.151. The lowest BCUT2D eigenvalue weighted by Crippen LogP contribution is -2.56. The van der Waals surface area contributed by atoms with Crippen LogP contribution in [0.25, 0.3) is 10.8 Å². The molecule has 30 heavy (non-hydrogen) atoms. The van der Waals surface area contributed by atoms with Crippen molar-refractivity contribution in [3.05, 3.63) is 48.0 Å². The standard InChI is InChI=1S/C25H31NO3S/c1-4-24(2,3)21(27)22(28)26-16-8-15-25(26,23(29)30)14-7-9-18-12-13-19-10-5-6-11-20(19)17-18/h5-6,10-13,17H,4,7-9,14-16H2,1-3H3,(H,29,30)/t25-/m0/s1. The maximum atomic E-state index is 13.1. The average Bonchev–Trinajstić information content (AvgIpc) is 3.17. The van der Waals surface area contributed by atoms with Gasteiger partial charge in [-0.25, -0.2) is 0 Å². The molecule has 4 nitrogen and oxygen atoms in total. The third kappa shape index (κ3) is 4.27. The van der Waals surface area contributed by atoms with E-state index in [1.807, 2.05) is 19.1 Å². The molecule has 5 heteroatoms. The van der Waals surface area contributed by atoms with Crippen molar-refractivity contribution in [2.75, 3.05) is 6.54 Å². The minimum Gasteiger partial charge on any atom is -0.500 e. The fourth-order valence-electron chi connectivity index (χ4n) is 4.32. The summed E-state index contributed by atoms with van der Waals surface area (Å²) in [6.07, 6.45) is 4.08. The summed E-state index contributed by atoms with van der Waals surface area (Å²) in [4.78, 5) is 27.4. The number of aliphatic hydroxyl groups is 1. The smallest absolute Gasteiger partial charge is 0.291 e. The third-order valence-corrected chi connectivity index (χ3v) is 7.07. The number of aryl methyl sites for hydroxylation is 1. The van der Waals surface area contributed by atoms with Crippen LogP contribution in [0.3, 0.4) is 0 Å². The zero-order chi connectivity index (χ0) is 21.9. The highest BCUT2D eigenvalue weighted by Gasteiger charge is 2.49. The molecule has 1 saturated heterocycles. The quantitative estimate of drug-likeness (QED) is 0.453. The van der Waals surface area contributed by atoms with Crippen LogP contribution < -0.4 is 0 Å². The summed E-state index contributed by atoms with van der Waals surface area (Å²) < 4.78 is 0. The van der Waals surface area contributed by atoms with Crippen LogP contribution in [-0.2, 0) is 16.0 Å². The molecule has 0 spiro atoms. The van der Waals surface area contributed by atoms with Crippen molar-refractivity contribution < 1.29 is 14.7 Å². The Morgan fingerprint density at radius 1 is 1.17 bits per heavy atom. The Bertz CT molecular complexity index is 968. The number of amides is 1. The lowest BCUT2D eigenvalue weighted by Gasteiger charge is -2.38. The van der Waals surface area contributed by atoms with Crippen molar-refractivity contribution in [3.63, 3.8) is 0 Å². The highest BCUT2D eigenvalue weighted by atomic mass is 32.1. The fourth-order valence-corrected chi connectivity index (χ4v) is 4.63. The Balaban J connectivity index is 1.75. The van der Waals surface area contributed by atoms with Crippen molar-refractivity contribution in [2.24, 2.45) is 5.41 Å². The number of Topliss-reactive ketones (excluding diaryl/α,β-unsaturated/α-hetero) is 1. The number of aliphatic hydroxyl groups excluding tert-OH is 1. The van der Waals surface area contributed by atoms with Crippen LogP contribution in [-0.4, -0.2) is 38.8 Å². The largest absolute Gasteiger partial charge is 0.500 e. The van der Waals surface area contributed by atoms with Crippen LogP contribution in [0.15, 0.2) is 42.5 Å². The Kier molecular flexibility index (Phi) is 6.61. The van der Waals surface area contributed by atoms with Crippen LogP contribution in [0, 0.1) is 5.41 Å². The van der Waals surface area contributed by atoms with Crippen molar-refractivity contribution in [2.45, 2.75) is 64.8 Å². The van der Waals surface area contributed by atoms with E-state index in [1.165, 1.54) is 16.3 Å². The summed E-state index contributed by atoms with van der Waals surface area (Å²) in [6, 6.07) is 14.7. The van der Waals surface area contributed by atoms with E-state index in [0.717, 1.165) is 19.3 Å². The van der Waals surface area contributed by atoms with E-state index in [-0.39, 0.29) is 5.05 Å². The van der Waals surface area contributed by atoms with Gasteiger partial charge in [-0.05, 0) is 67.1 Å². The first kappa shape index (κ1) is 22.4. The number of thiocarbonyl (C=S) groups is 1. The topological polar surface area (TPSA) is 57.6 Å². The molecule has 2 aromatic carbocycles. The predicted molar refractivity (Wildman–Crippen MR) is 125 cm³/mol. The van der Waals surface area contributed by atoms with E-state index >= 15 is 0 Å². The summed E-state index contributed by atoms with van der Waals surface area (Å²) in [5.41, 5.74) is -0.414. The molecule has 0 aliphatic carbocycles. The molecule has 1 heterocycles. The lowest BCUT2D eigenvalue weighted by atomic mass is 9.83. The first-order valence-corrected chi connectivity index (χ1v) is 11.2. The minimum absolute atomic E-state index is 0.172. The Labute approximate surface area is 184 Å². The molecule has 1 aliphatic rings. The number of likely N-dealkylation sites (tertiary alicyclic amines) is 1. The summed E-state index contributed by atoms with van der Waals surface area (Å²) >= 11 is 5.22. The molecule has 0 radical (unpaired) electrons. The molecule has 3 rings (SSSR count). The number of hydrogen-bond donors (Lipinski definition) is 1. The number of carbonyl (C=O) groups is 2. The molecule has 1 amide bonds. The summed E-state index contributed by atoms with van der Waals surface area (Å²) in [5, 5.41) is 12.7. The van der Waals surface area contributed by atoms with Gasteiger partial charge in [-0.15, -0.1) is 0 Å². The molecule has 1 atom stereocenters. The van der Waals surface area contributed by atoms with Gasteiger partial charge in [0.05, 0.1) is 0 Å². The van der Waals surface area contributed by atoms with Gasteiger partial charge in [0.25, 0.3) is 5.91 Å². The van der Waals surface area contributed by atoms with Crippen molar-refractivity contribution >= 4 is 39.7 Å². The average molecular weight is 426 g/mol. The second kappa shape index (κ2) is 8.84. The van der Waals surface area contributed by atoms with Gasteiger partial charge in [0, 0.05) is 12.0 Å². The van der Waals surface area contributed by atoms with Crippen LogP contribution >= 0.6 is 12.2 Å². The highest BCUT2D eigenvalue weighted by molar-refractivity contribution is 7.80. The Morgan fingerprint density at radius 2 is 1.87 bits per heavy atom. The SMILES string of the molecule is CCC(C)(C)C(=O)C(=O)N1CCC[C@@]1(CCCc1ccc2ccccc2c1)C(O)=S. The highest BCUT2D eigenvalue weighted by Crippen LogP contribution is 2.37. The monoisotopic (exact) mass is 425 g/mol. The predicted octanol–water partition coefficient (Wildman–Crippen LogP) is 5.41. The van der Waals surface area contributed by atoms with E-state index < -0.39 is 22.6 Å². The molecule has 1 N–H and O–H groups in total. The van der Waals surface area contributed by atoms with Gasteiger partial charge < -0.3 is 10.0 Å². The van der Waals surface area contributed by atoms with Crippen LogP contribution in [0.1, 0.15) is 58.4 Å². The molecule has 160 valence electrons. The van der Waals surface area contributed by atoms with E-state index in [1.54, 1.807) is 18.7 Å². The molecule has 0 saturated carbocycles. The molecule has 1 aliphatic heterocycles. The van der Waals surface area contributed by atoms with Gasteiger partial charge >= 0.3 is 0 Å². The maximum Gasteiger partial charge on any atom is 0.291 e. The van der Waals surface area contributed by atoms with Crippen molar-refractivity contribution in [1.29, 1.82) is 0 Å². The fraction of sp³-hybridized carbons (Fsp3) is 0.480. The zero-order valence-electron chi connectivity index (χ0n) is 18.1. The molecule has 0 unspecified atom stereocenters. The second-order valence-electron chi connectivity index (χ2n) is 9.00. The number of benzene rings is 2. The maximum absolute atomic E-state index is 13.1. The molecule has 0 aromatic heterocycles. The van der Waals surface area contributed by atoms with Gasteiger partial charge in [0.2, 0.25) is 5.78 Å². The summed E-state index contributed by atoms with van der Waals surface area (Å²) in [5.74, 6) is -0.913. The van der Waals surface area contributed by atoms with Crippen LogP contribution in [0.2, 0.25) is 0 Å². The Morgan fingerprint density at radius 3 is 2.53 bits per heavy atom. The molecule has 2 aromatic rings. The molecule has 0 bridgehead atoms. The van der Waals surface area contributed by atoms with Crippen molar-refractivity contribution in [1.82, 2.24) is 4.90 Å². The number of nitrogens with zero attached hydrogens (tertiary/aromatic N) is 1. The second-order valence-corrected chi connectivity index (χ2v) is 9.39. The van der Waals surface area contributed by atoms with E-state index in [4.69, 9.17) is 12.2 Å². The number of fused-ring (bicyclic) bond motifs is 1. The zero-order valence-corrected chi connectivity index (χ0v) is 18.9. The van der Waals surface area contributed by atoms with Crippen molar-refractivity contribution in [3.8, 4) is 0 Å². The first-order chi connectivity index (χ1) is 14.2. The first-order valence-electron chi connectivity index (χ1n) is 10.8. The van der Waals surface area contributed by atoms with Gasteiger partial charge in [0.15, 0.2) is 5.05 Å². The molecule has 1 fully saturated rings. The minimum atomic E-state index is -0.914. The van der Waals surface area contributed by atoms with E-state index in [2.05, 4.69) is 30.3 Å². The summed E-state index contributed by atoms with van der Waals surface area (Å²) in [6.45, 7) is 5.95. The third-order valence-electron chi connectivity index (χ3n) is 6.69. The molecular formula is C25H31NO3S. The Hall–Kier alpha value is -2.27. The van der Waals surface area contributed by atoms with Crippen LogP contribution in [0.4, 0.5) is 0 Å². The number of carbonyl (C=O) groups excluding carboxylic acids is 2. The number of rotatable bonds is 8. The number of hydrogen-bond acceptors (Lipinski definition) is 3. The van der Waals surface area contributed by atoms with E-state index in [0.29, 0.717) is 25.8 Å². The van der Waals surface area contributed by atoms with E-state index in [9.17, 15) is 14.7 Å². The molecular weight excluding hydrogens is 394 g/mol. The van der Waals surface area contributed by atoms with Gasteiger partial charge in [-0.3, -0.25) is 9.59 Å². The van der Waals surface area contributed by atoms with Crippen LogP contribution in [0.5, 0.6) is 0 Å². The van der Waals surface area contributed by atoms with Gasteiger partial charge in [-0.1, -0.05) is 63.2 Å². The van der Waals surface area contributed by atoms with Gasteiger partial charge in [0.1, 0.15) is 5.54 Å². The van der Waals surface area contributed by atoms with Gasteiger partial charge in [-0.2, -0.15) is 0 Å². The normalized spacial score (nSPS) is 19.2. The summed E-state index contributed by atoms with van der Waals surface area (Å²) in [7, 11) is 0. The number of ketones is 1.